The van der Waals surface area contributed by atoms with Crippen LogP contribution in [0.4, 0.5) is 21.5 Å². The van der Waals surface area contributed by atoms with E-state index in [1.165, 1.54) is 12.1 Å². The number of ether oxygens (including phenoxy) is 1. The number of halogens is 3. The van der Waals surface area contributed by atoms with Gasteiger partial charge in [0.1, 0.15) is 11.6 Å². The summed E-state index contributed by atoms with van der Waals surface area (Å²) in [4.78, 5) is 0. The van der Waals surface area contributed by atoms with Gasteiger partial charge >= 0.3 is 0 Å². The molecule has 0 aliphatic carbocycles. The van der Waals surface area contributed by atoms with Gasteiger partial charge < -0.3 is 15.8 Å². The molecule has 20 heavy (non-hydrogen) atoms. The zero-order valence-electron chi connectivity index (χ0n) is 10.7. The van der Waals surface area contributed by atoms with Gasteiger partial charge in [0.15, 0.2) is 0 Å². The molecule has 2 aromatic rings. The lowest BCUT2D eigenvalue weighted by molar-refractivity contribution is 0.342. The number of anilines is 3. The second-order valence-electron chi connectivity index (χ2n) is 4.02. The molecule has 0 aliphatic heterocycles. The number of hydrogen-bond acceptors (Lipinski definition) is 3. The fourth-order valence-corrected chi connectivity index (χ4v) is 2.63. The van der Waals surface area contributed by atoms with E-state index < -0.39 is 5.82 Å². The average Bonchev–Trinajstić information content (AvgIpc) is 2.38. The average molecular weight is 360 g/mol. The molecule has 2 aromatic carbocycles. The van der Waals surface area contributed by atoms with E-state index in [4.69, 9.17) is 22.1 Å². The fraction of sp³-hybridized carbons (Fsp3) is 0.143. The second-order valence-corrected chi connectivity index (χ2v) is 5.28. The van der Waals surface area contributed by atoms with Gasteiger partial charge in [0.25, 0.3) is 0 Å². The van der Waals surface area contributed by atoms with Crippen LogP contribution < -0.4 is 15.8 Å². The highest BCUT2D eigenvalue weighted by Crippen LogP contribution is 2.37. The van der Waals surface area contributed by atoms with Crippen LogP contribution in [0.5, 0.6) is 5.75 Å². The third-order valence-electron chi connectivity index (χ3n) is 2.63. The highest BCUT2D eigenvalue weighted by atomic mass is 79.9. The van der Waals surface area contributed by atoms with Crippen molar-refractivity contribution in [2.75, 3.05) is 17.7 Å². The number of nitrogens with one attached hydrogen (secondary N) is 1. The predicted octanol–water partition coefficient (Wildman–Crippen LogP) is 4.97. The van der Waals surface area contributed by atoms with Gasteiger partial charge in [0.05, 0.1) is 28.7 Å². The van der Waals surface area contributed by atoms with Gasteiger partial charge in [-0.25, -0.2) is 4.39 Å². The summed E-state index contributed by atoms with van der Waals surface area (Å²) in [6, 6.07) is 7.96. The van der Waals surface area contributed by atoms with Crippen molar-refractivity contribution in [3.63, 3.8) is 0 Å². The van der Waals surface area contributed by atoms with Crippen molar-refractivity contribution in [3.05, 3.63) is 45.6 Å². The van der Waals surface area contributed by atoms with E-state index in [-0.39, 0.29) is 5.02 Å². The molecule has 0 radical (unpaired) electrons. The fourth-order valence-electron chi connectivity index (χ4n) is 1.73. The maximum Gasteiger partial charge on any atom is 0.144 e. The van der Waals surface area contributed by atoms with Gasteiger partial charge in [-0.3, -0.25) is 0 Å². The molecule has 0 aliphatic rings. The van der Waals surface area contributed by atoms with Crippen molar-refractivity contribution in [1.82, 2.24) is 0 Å². The van der Waals surface area contributed by atoms with Crippen LogP contribution in [-0.4, -0.2) is 6.61 Å². The molecule has 0 spiro atoms. The van der Waals surface area contributed by atoms with E-state index in [0.717, 1.165) is 0 Å². The Morgan fingerprint density at radius 2 is 2.15 bits per heavy atom. The van der Waals surface area contributed by atoms with E-state index in [0.29, 0.717) is 33.9 Å². The third kappa shape index (κ3) is 3.16. The van der Waals surface area contributed by atoms with Gasteiger partial charge in [-0.1, -0.05) is 17.7 Å². The topological polar surface area (TPSA) is 47.3 Å². The summed E-state index contributed by atoms with van der Waals surface area (Å²) in [7, 11) is 0. The number of nitrogens with two attached hydrogens (primary N) is 1. The first kappa shape index (κ1) is 14.9. The van der Waals surface area contributed by atoms with Crippen LogP contribution in [0.15, 0.2) is 34.8 Å². The maximum absolute atomic E-state index is 13.2. The Kier molecular flexibility index (Phi) is 4.73. The Balaban J connectivity index is 2.38. The Hall–Kier alpha value is -1.46. The molecule has 3 N–H and O–H groups in total. The second kappa shape index (κ2) is 6.33. The quantitative estimate of drug-likeness (QED) is 0.758. The van der Waals surface area contributed by atoms with Crippen molar-refractivity contribution in [2.45, 2.75) is 6.92 Å². The minimum atomic E-state index is -0.413. The van der Waals surface area contributed by atoms with Crippen molar-refractivity contribution < 1.29 is 9.13 Å². The molecule has 0 bridgehead atoms. The van der Waals surface area contributed by atoms with Crippen LogP contribution in [0.2, 0.25) is 5.02 Å². The Morgan fingerprint density at radius 1 is 1.40 bits per heavy atom. The van der Waals surface area contributed by atoms with Gasteiger partial charge in [-0.2, -0.15) is 0 Å². The monoisotopic (exact) mass is 358 g/mol. The summed E-state index contributed by atoms with van der Waals surface area (Å²) in [5, 5.41) is 3.35. The highest BCUT2D eigenvalue weighted by molar-refractivity contribution is 9.10. The number of para-hydroxylation sites is 1. The standard InChI is InChI=1S/C14H13BrClFN2O/c1-2-20-12-5-3-4-11(13(12)18)19-14-9(15)6-8(17)7-10(14)16/h3-7,19H,2,18H2,1H3. The molecule has 0 fully saturated rings. The van der Waals surface area contributed by atoms with E-state index in [1.807, 2.05) is 13.0 Å². The van der Waals surface area contributed by atoms with Crippen LogP contribution >= 0.6 is 27.5 Å². The lowest BCUT2D eigenvalue weighted by Gasteiger charge is -2.15. The molecular formula is C14H13BrClFN2O. The first-order chi connectivity index (χ1) is 9.52. The molecule has 3 nitrogen and oxygen atoms in total. The van der Waals surface area contributed by atoms with Gasteiger partial charge in [0, 0.05) is 4.47 Å². The summed E-state index contributed by atoms with van der Waals surface area (Å²) in [6.45, 7) is 2.40. The lowest BCUT2D eigenvalue weighted by atomic mass is 10.2. The number of hydrogen-bond donors (Lipinski definition) is 2. The summed E-state index contributed by atoms with van der Waals surface area (Å²) >= 11 is 9.30. The number of rotatable bonds is 4. The summed E-state index contributed by atoms with van der Waals surface area (Å²) < 4.78 is 19.1. The summed E-state index contributed by atoms with van der Waals surface area (Å²) in [6.07, 6.45) is 0. The molecule has 6 heteroatoms. The van der Waals surface area contributed by atoms with Crippen LogP contribution in [0.25, 0.3) is 0 Å². The highest BCUT2D eigenvalue weighted by Gasteiger charge is 2.11. The molecule has 106 valence electrons. The predicted molar refractivity (Wildman–Crippen MR) is 84.4 cm³/mol. The lowest BCUT2D eigenvalue weighted by Crippen LogP contribution is -2.02. The van der Waals surface area contributed by atoms with Crippen LogP contribution in [-0.2, 0) is 0 Å². The Labute approximate surface area is 130 Å². The minimum absolute atomic E-state index is 0.262. The zero-order valence-corrected chi connectivity index (χ0v) is 13.1. The van der Waals surface area contributed by atoms with Crippen molar-refractivity contribution in [2.24, 2.45) is 0 Å². The van der Waals surface area contributed by atoms with Crippen LogP contribution in [0, 0.1) is 5.82 Å². The van der Waals surface area contributed by atoms with E-state index in [1.54, 1.807) is 12.1 Å². The van der Waals surface area contributed by atoms with Crippen LogP contribution in [0.3, 0.4) is 0 Å². The smallest absolute Gasteiger partial charge is 0.144 e. The SMILES string of the molecule is CCOc1cccc(Nc2c(Cl)cc(F)cc2Br)c1N. The molecule has 0 heterocycles. The third-order valence-corrected chi connectivity index (χ3v) is 3.56. The summed E-state index contributed by atoms with van der Waals surface area (Å²) in [5.41, 5.74) is 7.69. The van der Waals surface area contributed by atoms with E-state index >= 15 is 0 Å². The van der Waals surface area contributed by atoms with Crippen LogP contribution in [0.1, 0.15) is 6.92 Å². The molecular weight excluding hydrogens is 347 g/mol. The van der Waals surface area contributed by atoms with Crippen molar-refractivity contribution in [1.29, 1.82) is 0 Å². The van der Waals surface area contributed by atoms with Crippen molar-refractivity contribution >= 4 is 44.6 Å². The Bertz CT molecular complexity index is 614. The van der Waals surface area contributed by atoms with Gasteiger partial charge in [-0.05, 0) is 47.1 Å². The zero-order chi connectivity index (χ0) is 14.7. The minimum Gasteiger partial charge on any atom is -0.492 e. The maximum atomic E-state index is 13.2. The summed E-state index contributed by atoms with van der Waals surface area (Å²) in [5.74, 6) is 0.176. The molecule has 0 saturated heterocycles. The van der Waals surface area contributed by atoms with Crippen molar-refractivity contribution in [3.8, 4) is 5.75 Å². The first-order valence-electron chi connectivity index (χ1n) is 5.95. The molecule has 0 saturated carbocycles. The molecule has 0 atom stereocenters. The van der Waals surface area contributed by atoms with E-state index in [9.17, 15) is 4.39 Å². The number of nitrogen functional groups attached to an aromatic ring is 1. The molecule has 0 amide bonds. The normalized spacial score (nSPS) is 10.4. The molecule has 2 rings (SSSR count). The van der Waals surface area contributed by atoms with Gasteiger partial charge in [0.2, 0.25) is 0 Å². The molecule has 0 unspecified atom stereocenters. The largest absolute Gasteiger partial charge is 0.492 e. The number of benzene rings is 2. The first-order valence-corrected chi connectivity index (χ1v) is 7.13. The van der Waals surface area contributed by atoms with E-state index in [2.05, 4.69) is 21.2 Å². The molecule has 0 aromatic heterocycles. The Morgan fingerprint density at radius 3 is 2.80 bits per heavy atom. The van der Waals surface area contributed by atoms with Gasteiger partial charge in [-0.15, -0.1) is 0 Å².